The molecule has 20 heavy (non-hydrogen) atoms. The SMILES string of the molecule is CNc1cc(C(=O)Nc2cc(Cl)ccc2Cl)cc(C)n1. The van der Waals surface area contributed by atoms with Gasteiger partial charge >= 0.3 is 0 Å². The number of aryl methyl sites for hydroxylation is 1. The third kappa shape index (κ3) is 3.40. The minimum absolute atomic E-state index is 0.267. The number of anilines is 2. The van der Waals surface area contributed by atoms with E-state index in [0.717, 1.165) is 5.69 Å². The van der Waals surface area contributed by atoms with Crippen LogP contribution in [0.15, 0.2) is 30.3 Å². The first kappa shape index (κ1) is 14.6. The molecule has 0 atom stereocenters. The van der Waals surface area contributed by atoms with Crippen LogP contribution in [-0.4, -0.2) is 17.9 Å². The van der Waals surface area contributed by atoms with Gasteiger partial charge in [0.1, 0.15) is 5.82 Å². The average Bonchev–Trinajstić information content (AvgIpc) is 2.42. The summed E-state index contributed by atoms with van der Waals surface area (Å²) in [6.07, 6.45) is 0. The Balaban J connectivity index is 2.28. The average molecular weight is 310 g/mol. The van der Waals surface area contributed by atoms with E-state index < -0.39 is 0 Å². The van der Waals surface area contributed by atoms with E-state index in [2.05, 4.69) is 15.6 Å². The largest absolute Gasteiger partial charge is 0.373 e. The van der Waals surface area contributed by atoms with Crippen LogP contribution in [-0.2, 0) is 0 Å². The highest BCUT2D eigenvalue weighted by Crippen LogP contribution is 2.26. The van der Waals surface area contributed by atoms with Crippen LogP contribution in [0.25, 0.3) is 0 Å². The Hall–Kier alpha value is -1.78. The summed E-state index contributed by atoms with van der Waals surface area (Å²) in [5, 5.41) is 6.58. The normalized spacial score (nSPS) is 10.2. The van der Waals surface area contributed by atoms with E-state index in [1.54, 1.807) is 37.4 Å². The van der Waals surface area contributed by atoms with Crippen molar-refractivity contribution in [2.75, 3.05) is 17.7 Å². The lowest BCUT2D eigenvalue weighted by atomic mass is 10.2. The molecule has 6 heteroatoms. The van der Waals surface area contributed by atoms with Gasteiger partial charge in [-0.15, -0.1) is 0 Å². The van der Waals surface area contributed by atoms with Gasteiger partial charge in [-0.05, 0) is 37.3 Å². The van der Waals surface area contributed by atoms with Gasteiger partial charge in [0.25, 0.3) is 5.91 Å². The van der Waals surface area contributed by atoms with E-state index in [-0.39, 0.29) is 5.91 Å². The van der Waals surface area contributed by atoms with E-state index >= 15 is 0 Å². The molecular weight excluding hydrogens is 297 g/mol. The second-order valence-corrected chi connectivity index (χ2v) is 5.05. The summed E-state index contributed by atoms with van der Waals surface area (Å²) < 4.78 is 0. The van der Waals surface area contributed by atoms with Gasteiger partial charge < -0.3 is 10.6 Å². The fourth-order valence-corrected chi connectivity index (χ4v) is 2.05. The van der Waals surface area contributed by atoms with Gasteiger partial charge in [-0.1, -0.05) is 23.2 Å². The van der Waals surface area contributed by atoms with Crippen molar-refractivity contribution in [1.29, 1.82) is 0 Å². The number of hydrogen-bond donors (Lipinski definition) is 2. The topological polar surface area (TPSA) is 54.0 Å². The van der Waals surface area contributed by atoms with E-state index in [9.17, 15) is 4.79 Å². The first-order chi connectivity index (χ1) is 9.49. The van der Waals surface area contributed by atoms with Crippen molar-refractivity contribution in [1.82, 2.24) is 4.98 Å². The molecule has 0 spiro atoms. The van der Waals surface area contributed by atoms with E-state index in [4.69, 9.17) is 23.2 Å². The Morgan fingerprint density at radius 1 is 1.20 bits per heavy atom. The summed E-state index contributed by atoms with van der Waals surface area (Å²) in [5.74, 6) is 0.364. The van der Waals surface area contributed by atoms with Crippen LogP contribution >= 0.6 is 23.2 Å². The summed E-state index contributed by atoms with van der Waals surface area (Å²) in [4.78, 5) is 16.5. The Morgan fingerprint density at radius 2 is 1.95 bits per heavy atom. The maximum Gasteiger partial charge on any atom is 0.255 e. The van der Waals surface area contributed by atoms with Crippen LogP contribution in [0.5, 0.6) is 0 Å². The van der Waals surface area contributed by atoms with Crippen molar-refractivity contribution in [2.45, 2.75) is 6.92 Å². The van der Waals surface area contributed by atoms with Crippen LogP contribution in [0.3, 0.4) is 0 Å². The van der Waals surface area contributed by atoms with Crippen molar-refractivity contribution in [2.24, 2.45) is 0 Å². The summed E-state index contributed by atoms with van der Waals surface area (Å²) in [6, 6.07) is 8.27. The predicted molar refractivity (Wildman–Crippen MR) is 82.9 cm³/mol. The molecule has 0 radical (unpaired) electrons. The third-order valence-corrected chi connectivity index (χ3v) is 3.21. The van der Waals surface area contributed by atoms with Crippen molar-refractivity contribution in [3.05, 3.63) is 51.6 Å². The first-order valence-electron chi connectivity index (χ1n) is 5.92. The number of hydrogen-bond acceptors (Lipinski definition) is 3. The standard InChI is InChI=1S/C14H13Cl2N3O/c1-8-5-9(6-13(17-2)18-8)14(20)19-12-7-10(15)3-4-11(12)16/h3-7H,1-2H3,(H,17,18)(H,19,20). The molecule has 104 valence electrons. The van der Waals surface area contributed by atoms with Crippen LogP contribution in [0, 0.1) is 6.92 Å². The predicted octanol–water partition coefficient (Wildman–Crippen LogP) is 3.99. The molecule has 2 N–H and O–H groups in total. The van der Waals surface area contributed by atoms with Crippen molar-refractivity contribution >= 4 is 40.6 Å². The number of aromatic nitrogens is 1. The minimum Gasteiger partial charge on any atom is -0.373 e. The molecule has 0 unspecified atom stereocenters. The third-order valence-electron chi connectivity index (χ3n) is 2.65. The van der Waals surface area contributed by atoms with Gasteiger partial charge in [0.05, 0.1) is 10.7 Å². The van der Waals surface area contributed by atoms with Crippen LogP contribution in [0.1, 0.15) is 16.1 Å². The van der Waals surface area contributed by atoms with Crippen LogP contribution in [0.2, 0.25) is 10.0 Å². The summed E-state index contributed by atoms with van der Waals surface area (Å²) in [5.41, 5.74) is 1.72. The number of halogens is 2. The Morgan fingerprint density at radius 3 is 2.65 bits per heavy atom. The number of nitrogens with zero attached hydrogens (tertiary/aromatic N) is 1. The molecule has 0 saturated carbocycles. The van der Waals surface area contributed by atoms with Gasteiger partial charge in [-0.25, -0.2) is 4.98 Å². The molecule has 0 aliphatic rings. The van der Waals surface area contributed by atoms with E-state index in [1.165, 1.54) is 0 Å². The Labute approximate surface area is 127 Å². The van der Waals surface area contributed by atoms with Gasteiger partial charge in [0.2, 0.25) is 0 Å². The monoisotopic (exact) mass is 309 g/mol. The molecule has 0 bridgehead atoms. The number of amides is 1. The van der Waals surface area contributed by atoms with Crippen LogP contribution in [0.4, 0.5) is 11.5 Å². The molecule has 0 aliphatic carbocycles. The smallest absolute Gasteiger partial charge is 0.255 e. The molecule has 0 saturated heterocycles. The Kier molecular flexibility index (Phi) is 4.47. The zero-order valence-electron chi connectivity index (χ0n) is 11.0. The molecule has 1 aromatic heterocycles. The minimum atomic E-state index is -0.267. The highest BCUT2D eigenvalue weighted by molar-refractivity contribution is 6.35. The number of carbonyl (C=O) groups excluding carboxylic acids is 1. The van der Waals surface area contributed by atoms with Crippen LogP contribution < -0.4 is 10.6 Å². The summed E-state index contributed by atoms with van der Waals surface area (Å²) in [6.45, 7) is 1.82. The molecule has 4 nitrogen and oxygen atoms in total. The first-order valence-corrected chi connectivity index (χ1v) is 6.68. The van der Waals surface area contributed by atoms with Gasteiger partial charge in [0.15, 0.2) is 0 Å². The second-order valence-electron chi connectivity index (χ2n) is 4.21. The summed E-state index contributed by atoms with van der Waals surface area (Å²) >= 11 is 11.9. The second kappa shape index (κ2) is 6.11. The number of nitrogens with one attached hydrogen (secondary N) is 2. The lowest BCUT2D eigenvalue weighted by Gasteiger charge is -2.09. The number of benzene rings is 1. The fraction of sp³-hybridized carbons (Fsp3) is 0.143. The molecule has 0 fully saturated rings. The molecule has 2 aromatic rings. The Bertz CT molecular complexity index is 659. The molecule has 0 aliphatic heterocycles. The van der Waals surface area contributed by atoms with Crippen molar-refractivity contribution in [3.63, 3.8) is 0 Å². The van der Waals surface area contributed by atoms with E-state index in [0.29, 0.717) is 27.1 Å². The number of pyridine rings is 1. The molecular formula is C14H13Cl2N3O. The lowest BCUT2D eigenvalue weighted by molar-refractivity contribution is 0.102. The molecule has 1 amide bonds. The zero-order valence-corrected chi connectivity index (χ0v) is 12.5. The van der Waals surface area contributed by atoms with Gasteiger partial charge in [-0.2, -0.15) is 0 Å². The molecule has 2 rings (SSSR count). The highest BCUT2D eigenvalue weighted by atomic mass is 35.5. The van der Waals surface area contributed by atoms with Gasteiger partial charge in [-0.3, -0.25) is 4.79 Å². The van der Waals surface area contributed by atoms with Gasteiger partial charge in [0, 0.05) is 23.3 Å². The number of carbonyl (C=O) groups is 1. The maximum absolute atomic E-state index is 12.2. The number of rotatable bonds is 3. The quantitative estimate of drug-likeness (QED) is 0.901. The highest BCUT2D eigenvalue weighted by Gasteiger charge is 2.11. The maximum atomic E-state index is 12.2. The molecule has 1 aromatic carbocycles. The van der Waals surface area contributed by atoms with E-state index in [1.807, 2.05) is 6.92 Å². The van der Waals surface area contributed by atoms with Crippen molar-refractivity contribution < 1.29 is 4.79 Å². The summed E-state index contributed by atoms with van der Waals surface area (Å²) in [7, 11) is 1.75. The zero-order chi connectivity index (χ0) is 14.7. The molecule has 1 heterocycles. The van der Waals surface area contributed by atoms with Crippen molar-refractivity contribution in [3.8, 4) is 0 Å². The lowest BCUT2D eigenvalue weighted by Crippen LogP contribution is -2.13. The fourth-order valence-electron chi connectivity index (χ4n) is 1.72.